The minimum absolute atomic E-state index is 0.00130. The van der Waals surface area contributed by atoms with Crippen LogP contribution in [0.3, 0.4) is 0 Å². The zero-order valence-corrected chi connectivity index (χ0v) is 19.8. The van der Waals surface area contributed by atoms with Gasteiger partial charge in [-0.1, -0.05) is 6.07 Å². The Morgan fingerprint density at radius 2 is 1.85 bits per heavy atom. The van der Waals surface area contributed by atoms with Crippen molar-refractivity contribution in [3.63, 3.8) is 0 Å². The van der Waals surface area contributed by atoms with Crippen molar-refractivity contribution >= 4 is 28.4 Å². The standard InChI is InChI=1S/C25H28N2O6S/c1-16-19(3-4-20-21(16)15-33-25(20)30)23(29)14-27-9-7-26(8-10-27)13-22(28)17-2-5-24-18(12-17)6-11-34(24,31)32/h2-6,11-12,23,29,31-32H,7-10,13-15H2,1H3/t23-/m0/s1. The van der Waals surface area contributed by atoms with Crippen LogP contribution in [0, 0.1) is 6.92 Å². The van der Waals surface area contributed by atoms with Gasteiger partial charge in [0.2, 0.25) is 0 Å². The number of hydrogen-bond acceptors (Lipinski definition) is 8. The molecule has 1 fully saturated rings. The number of piperazine rings is 1. The summed E-state index contributed by atoms with van der Waals surface area (Å²) in [7, 11) is -2.87. The fraction of sp³-hybridized carbons (Fsp3) is 0.360. The molecule has 3 aliphatic heterocycles. The Labute approximate surface area is 199 Å². The number of β-amino-alcohol motifs (C(OH)–C–C–N with tert-alkyl or cyclic N) is 1. The van der Waals surface area contributed by atoms with E-state index in [0.717, 1.165) is 42.9 Å². The van der Waals surface area contributed by atoms with E-state index in [2.05, 4.69) is 9.80 Å². The number of carbonyl (C=O) groups is 2. The number of cyclic esters (lactones) is 1. The summed E-state index contributed by atoms with van der Waals surface area (Å²) in [6.45, 7) is 5.88. The molecule has 0 radical (unpaired) electrons. The maximum Gasteiger partial charge on any atom is 0.338 e. The Hall–Kier alpha value is -2.53. The molecule has 0 unspecified atom stereocenters. The van der Waals surface area contributed by atoms with E-state index in [1.54, 1.807) is 30.3 Å². The van der Waals surface area contributed by atoms with E-state index >= 15 is 0 Å². The van der Waals surface area contributed by atoms with E-state index in [-0.39, 0.29) is 18.4 Å². The number of hydrogen-bond donors (Lipinski definition) is 3. The molecule has 3 aliphatic rings. The Morgan fingerprint density at radius 3 is 2.62 bits per heavy atom. The number of ether oxygens (including phenoxy) is 1. The minimum Gasteiger partial charge on any atom is -0.457 e. The third kappa shape index (κ3) is 4.31. The van der Waals surface area contributed by atoms with Crippen LogP contribution in [-0.4, -0.2) is 75.0 Å². The summed E-state index contributed by atoms with van der Waals surface area (Å²) in [5.41, 5.74) is 4.41. The first-order valence-corrected chi connectivity index (χ1v) is 12.9. The van der Waals surface area contributed by atoms with Crippen molar-refractivity contribution in [2.24, 2.45) is 0 Å². The van der Waals surface area contributed by atoms with E-state index in [4.69, 9.17) is 4.74 Å². The summed E-state index contributed by atoms with van der Waals surface area (Å²) in [6, 6.07) is 8.55. The first-order valence-electron chi connectivity index (χ1n) is 11.3. The van der Waals surface area contributed by atoms with Crippen molar-refractivity contribution in [1.29, 1.82) is 0 Å². The van der Waals surface area contributed by atoms with Crippen molar-refractivity contribution in [3.05, 3.63) is 69.1 Å². The molecular weight excluding hydrogens is 456 g/mol. The molecule has 8 nitrogen and oxygen atoms in total. The van der Waals surface area contributed by atoms with Gasteiger partial charge < -0.3 is 9.84 Å². The molecule has 3 N–H and O–H groups in total. The van der Waals surface area contributed by atoms with Gasteiger partial charge in [-0.3, -0.25) is 23.7 Å². The fourth-order valence-corrected chi connectivity index (χ4v) is 6.09. The quantitative estimate of drug-likeness (QED) is 0.423. The van der Waals surface area contributed by atoms with Crippen LogP contribution in [0.1, 0.15) is 49.1 Å². The average molecular weight is 485 g/mol. The molecule has 0 saturated carbocycles. The molecule has 1 saturated heterocycles. The number of carbonyl (C=O) groups excluding carboxylic acids is 2. The van der Waals surface area contributed by atoms with E-state index in [1.165, 1.54) is 5.41 Å². The van der Waals surface area contributed by atoms with Gasteiger partial charge in [0.1, 0.15) is 6.61 Å². The molecule has 180 valence electrons. The van der Waals surface area contributed by atoms with E-state index < -0.39 is 16.7 Å². The van der Waals surface area contributed by atoms with Crippen molar-refractivity contribution < 1.29 is 28.5 Å². The van der Waals surface area contributed by atoms with Gasteiger partial charge in [-0.25, -0.2) is 4.79 Å². The number of ketones is 1. The van der Waals surface area contributed by atoms with Crippen LogP contribution in [0.15, 0.2) is 40.6 Å². The first kappa shape index (κ1) is 23.2. The predicted octanol–water partition coefficient (Wildman–Crippen LogP) is 3.29. The topological polar surface area (TPSA) is 111 Å². The minimum atomic E-state index is -2.87. The first-order chi connectivity index (χ1) is 16.2. The number of fused-ring (bicyclic) bond motifs is 2. The summed E-state index contributed by atoms with van der Waals surface area (Å²) in [5.74, 6) is -0.309. The van der Waals surface area contributed by atoms with Gasteiger partial charge in [0.05, 0.1) is 23.1 Å². The molecule has 0 amide bonds. The monoisotopic (exact) mass is 484 g/mol. The molecule has 2 aromatic carbocycles. The molecule has 0 spiro atoms. The van der Waals surface area contributed by atoms with Crippen molar-refractivity contribution in [1.82, 2.24) is 9.80 Å². The van der Waals surface area contributed by atoms with Gasteiger partial charge in [0.15, 0.2) is 5.78 Å². The number of Topliss-reactive ketones (excluding diaryl/α,β-unsaturated/α-hetero) is 1. The molecular formula is C25H28N2O6S. The lowest BCUT2D eigenvalue weighted by atomic mass is 9.95. The van der Waals surface area contributed by atoms with Gasteiger partial charge in [0.25, 0.3) is 0 Å². The van der Waals surface area contributed by atoms with Crippen LogP contribution in [0.4, 0.5) is 0 Å². The molecule has 9 heteroatoms. The zero-order chi connectivity index (χ0) is 24.0. The SMILES string of the molecule is Cc1c([C@@H](O)CN2CCN(CC(=O)c3ccc4c(c3)C=CS4(O)O)CC2)ccc2c1COC2=O. The van der Waals surface area contributed by atoms with Crippen molar-refractivity contribution in [2.75, 3.05) is 39.3 Å². The lowest BCUT2D eigenvalue weighted by molar-refractivity contribution is 0.0534. The smallest absolute Gasteiger partial charge is 0.338 e. The molecule has 2 aromatic rings. The van der Waals surface area contributed by atoms with E-state index in [0.29, 0.717) is 34.7 Å². The Kier molecular flexibility index (Phi) is 6.09. The summed E-state index contributed by atoms with van der Waals surface area (Å²) in [6.07, 6.45) is 0.986. The number of rotatable bonds is 6. The summed E-state index contributed by atoms with van der Waals surface area (Å²) in [5, 5.41) is 12.2. The van der Waals surface area contributed by atoms with Crippen LogP contribution in [0.5, 0.6) is 0 Å². The molecule has 34 heavy (non-hydrogen) atoms. The second kappa shape index (κ2) is 8.92. The summed E-state index contributed by atoms with van der Waals surface area (Å²) >= 11 is 0. The van der Waals surface area contributed by atoms with E-state index in [9.17, 15) is 23.8 Å². The van der Waals surface area contributed by atoms with Crippen molar-refractivity contribution in [3.8, 4) is 0 Å². The maximum atomic E-state index is 12.8. The number of nitrogens with zero attached hydrogens (tertiary/aromatic N) is 2. The largest absolute Gasteiger partial charge is 0.457 e. The highest BCUT2D eigenvalue weighted by molar-refractivity contribution is 8.27. The van der Waals surface area contributed by atoms with Gasteiger partial charge in [0, 0.05) is 49.3 Å². The Balaban J connectivity index is 1.15. The number of aliphatic hydroxyl groups is 1. The average Bonchev–Trinajstić information content (AvgIpc) is 3.34. The molecule has 0 aliphatic carbocycles. The maximum absolute atomic E-state index is 12.8. The molecule has 5 rings (SSSR count). The molecule has 3 heterocycles. The highest BCUT2D eigenvalue weighted by Gasteiger charge is 2.28. The Morgan fingerprint density at radius 1 is 1.12 bits per heavy atom. The fourth-order valence-electron chi connectivity index (χ4n) is 4.86. The van der Waals surface area contributed by atoms with Crippen LogP contribution < -0.4 is 0 Å². The van der Waals surface area contributed by atoms with Gasteiger partial charge in [-0.15, -0.1) is 10.6 Å². The zero-order valence-electron chi connectivity index (χ0n) is 18.9. The number of aliphatic hydroxyl groups excluding tert-OH is 1. The number of esters is 1. The lowest BCUT2D eigenvalue weighted by Crippen LogP contribution is -2.48. The van der Waals surface area contributed by atoms with Gasteiger partial charge in [-0.2, -0.15) is 0 Å². The van der Waals surface area contributed by atoms with Crippen molar-refractivity contribution in [2.45, 2.75) is 24.5 Å². The van der Waals surface area contributed by atoms with Crippen LogP contribution in [0.2, 0.25) is 0 Å². The van der Waals surface area contributed by atoms with Crippen LogP contribution in [-0.2, 0) is 11.3 Å². The third-order valence-electron chi connectivity index (χ3n) is 6.92. The second-order valence-electron chi connectivity index (χ2n) is 9.05. The van der Waals surface area contributed by atoms with E-state index in [1.807, 2.05) is 13.0 Å². The van der Waals surface area contributed by atoms with Crippen LogP contribution >= 0.6 is 10.6 Å². The normalized spacial score (nSPS) is 21.1. The summed E-state index contributed by atoms with van der Waals surface area (Å²) < 4.78 is 25.1. The van der Waals surface area contributed by atoms with Gasteiger partial charge in [-0.05, 0) is 54.0 Å². The predicted molar refractivity (Wildman–Crippen MR) is 129 cm³/mol. The second-order valence-corrected chi connectivity index (χ2v) is 10.9. The molecule has 0 bridgehead atoms. The third-order valence-corrected chi connectivity index (χ3v) is 8.46. The molecule has 1 atom stereocenters. The van der Waals surface area contributed by atoms with Gasteiger partial charge >= 0.3 is 5.97 Å². The molecule has 0 aromatic heterocycles. The highest BCUT2D eigenvalue weighted by atomic mass is 32.3. The highest BCUT2D eigenvalue weighted by Crippen LogP contribution is 2.56. The summed E-state index contributed by atoms with van der Waals surface area (Å²) in [4.78, 5) is 29.3. The lowest BCUT2D eigenvalue weighted by Gasteiger charge is -2.35. The number of benzene rings is 2. The Bertz CT molecular complexity index is 1190. The van der Waals surface area contributed by atoms with Crippen LogP contribution in [0.25, 0.3) is 6.08 Å².